The van der Waals surface area contributed by atoms with Gasteiger partial charge in [0, 0.05) is 6.42 Å². The molecule has 0 amide bonds. The zero-order valence-electron chi connectivity index (χ0n) is 15.0. The molecule has 0 aromatic carbocycles. The molecule has 31 heavy (non-hydrogen) atoms. The van der Waals surface area contributed by atoms with E-state index in [1.165, 1.54) is 10.9 Å². The molecule has 5 atom stereocenters. The van der Waals surface area contributed by atoms with Crippen molar-refractivity contribution < 1.29 is 51.9 Å². The number of phosphoric acid groups is 1. The van der Waals surface area contributed by atoms with Crippen molar-refractivity contribution in [3.63, 3.8) is 0 Å². The number of nitrogens with two attached hydrogens (primary N) is 1. The van der Waals surface area contributed by atoms with Crippen molar-refractivity contribution in [3.8, 4) is 0 Å². The van der Waals surface area contributed by atoms with Gasteiger partial charge in [0.05, 0.1) is 30.0 Å². The third-order valence-electron chi connectivity index (χ3n) is 3.78. The van der Waals surface area contributed by atoms with Crippen LogP contribution in [0, 0.1) is 0 Å². The Morgan fingerprint density at radius 3 is 2.61 bits per heavy atom. The largest absolute Gasteiger partial charge is 0.477 e. The van der Waals surface area contributed by atoms with Crippen molar-refractivity contribution in [1.82, 2.24) is 19.5 Å². The lowest BCUT2D eigenvalue weighted by Crippen LogP contribution is -2.25. The van der Waals surface area contributed by atoms with Gasteiger partial charge in [-0.3, -0.25) is 18.9 Å². The maximum atomic E-state index is 12.0. The van der Waals surface area contributed by atoms with Gasteiger partial charge in [0.15, 0.2) is 11.2 Å². The van der Waals surface area contributed by atoms with Gasteiger partial charge in [-0.2, -0.15) is 9.29 Å². The molecule has 1 fully saturated rings. The van der Waals surface area contributed by atoms with Crippen LogP contribution in [0.25, 0.3) is 11.2 Å². The Morgan fingerprint density at radius 2 is 1.97 bits per heavy atom. The molecule has 0 aliphatic carbocycles. The smallest absolute Gasteiger partial charge is 0.390 e. The quantitative estimate of drug-likeness (QED) is 0.213. The van der Waals surface area contributed by atoms with Crippen LogP contribution in [-0.4, -0.2) is 63.0 Å². The molecular formula is C10H16N5O12P3S. The minimum absolute atomic E-state index is 0.0352. The van der Waals surface area contributed by atoms with E-state index in [1.54, 1.807) is 0 Å². The first-order valence-corrected chi connectivity index (χ1v) is 14.7. The van der Waals surface area contributed by atoms with Crippen LogP contribution < -0.4 is 11.3 Å². The van der Waals surface area contributed by atoms with Crippen LogP contribution in [0.15, 0.2) is 11.1 Å². The molecule has 2 aromatic rings. The van der Waals surface area contributed by atoms with E-state index in [9.17, 15) is 33.4 Å². The lowest BCUT2D eigenvalue weighted by atomic mass is 10.2. The number of nitrogens with one attached hydrogen (secondary N) is 1. The molecule has 2 unspecified atom stereocenters. The summed E-state index contributed by atoms with van der Waals surface area (Å²) in [5, 5.41) is 10.2. The molecule has 0 bridgehead atoms. The summed E-state index contributed by atoms with van der Waals surface area (Å²) in [4.78, 5) is 58.0. The number of hydrogen-bond donors (Lipinski definition) is 7. The molecule has 2 aromatic heterocycles. The van der Waals surface area contributed by atoms with Crippen LogP contribution in [0.3, 0.4) is 0 Å². The lowest BCUT2D eigenvalue weighted by Gasteiger charge is -2.19. The van der Waals surface area contributed by atoms with E-state index in [0.29, 0.717) is 0 Å². The van der Waals surface area contributed by atoms with Crippen molar-refractivity contribution in [2.75, 3.05) is 12.3 Å². The number of H-pyrrole nitrogens is 1. The predicted octanol–water partition coefficient (Wildman–Crippen LogP) is -0.590. The van der Waals surface area contributed by atoms with Crippen LogP contribution in [-0.2, 0) is 27.3 Å². The molecule has 0 radical (unpaired) electrons. The monoisotopic (exact) mass is 523 g/mol. The van der Waals surface area contributed by atoms with E-state index in [2.05, 4.69) is 23.8 Å². The van der Waals surface area contributed by atoms with Crippen molar-refractivity contribution in [1.29, 1.82) is 0 Å². The van der Waals surface area contributed by atoms with Gasteiger partial charge < -0.3 is 35.2 Å². The average Bonchev–Trinajstić information content (AvgIpc) is 3.13. The number of rotatable bonds is 8. The lowest BCUT2D eigenvalue weighted by molar-refractivity contribution is -0.0387. The van der Waals surface area contributed by atoms with Crippen molar-refractivity contribution >= 4 is 49.5 Å². The molecule has 3 heterocycles. The van der Waals surface area contributed by atoms with E-state index < -0.39 is 63.0 Å². The number of nitrogens with zero attached hydrogens (tertiary/aromatic N) is 3. The number of hydrogen-bond acceptors (Lipinski definition) is 12. The maximum absolute atomic E-state index is 12.0. The number of fused-ring (bicyclic) bond motifs is 1. The number of ether oxygens (including phenoxy) is 1. The number of aromatic nitrogens is 4. The summed E-state index contributed by atoms with van der Waals surface area (Å²) in [6.07, 6.45) is -2.16. The zero-order chi connectivity index (χ0) is 23.2. The summed E-state index contributed by atoms with van der Waals surface area (Å²) in [6, 6.07) is 0. The highest BCUT2D eigenvalue weighted by Crippen LogP contribution is 2.78. The van der Waals surface area contributed by atoms with Gasteiger partial charge in [0.25, 0.3) is 5.56 Å². The minimum Gasteiger partial charge on any atom is -0.390 e. The summed E-state index contributed by atoms with van der Waals surface area (Å²) in [6.45, 7) is -11.0. The number of nitrogen functional groups attached to an aromatic ring is 1. The molecule has 1 saturated heterocycles. The fourth-order valence-corrected chi connectivity index (χ4v) is 10.2. The topological polar surface area (TPSA) is 270 Å². The van der Waals surface area contributed by atoms with Crippen molar-refractivity contribution in [2.24, 2.45) is 0 Å². The molecule has 8 N–H and O–H groups in total. The van der Waals surface area contributed by atoms with E-state index in [0.717, 1.165) is 0 Å². The SMILES string of the molecule is Nc1nc2c(ncn2[C@H]2C[C@H](O)[C@@H](COP(=O)(O)SP(=O)(O)OP(=O)(O)O)O2)c(=O)[nH]1. The molecule has 21 heteroatoms. The number of aliphatic hydroxyl groups excluding tert-OH is 1. The number of imidazole rings is 1. The second-order valence-electron chi connectivity index (χ2n) is 6.09. The number of anilines is 1. The van der Waals surface area contributed by atoms with Crippen LogP contribution in [0.4, 0.5) is 5.95 Å². The Hall–Kier alpha value is -1.13. The van der Waals surface area contributed by atoms with Gasteiger partial charge in [0.1, 0.15) is 12.3 Å². The third-order valence-corrected chi connectivity index (χ3v) is 12.2. The molecule has 174 valence electrons. The Labute approximate surface area is 175 Å². The van der Waals surface area contributed by atoms with E-state index in [-0.39, 0.29) is 23.5 Å². The molecule has 0 saturated carbocycles. The fourth-order valence-electron chi connectivity index (χ4n) is 2.66. The average molecular weight is 523 g/mol. The van der Waals surface area contributed by atoms with Gasteiger partial charge in [0.2, 0.25) is 5.95 Å². The highest BCUT2D eigenvalue weighted by atomic mass is 33.1. The first kappa shape index (κ1) is 24.5. The summed E-state index contributed by atoms with van der Waals surface area (Å²) >= 11 is -0.710. The second-order valence-corrected chi connectivity index (χ2v) is 14.8. The molecule has 17 nitrogen and oxygen atoms in total. The van der Waals surface area contributed by atoms with E-state index in [4.69, 9.17) is 20.3 Å². The third kappa shape index (κ3) is 6.22. The van der Waals surface area contributed by atoms with Gasteiger partial charge >= 0.3 is 21.4 Å². The normalized spacial score (nSPS) is 26.0. The summed E-state index contributed by atoms with van der Waals surface area (Å²) in [5.74, 6) is -0.179. The van der Waals surface area contributed by atoms with Gasteiger partial charge in [-0.15, -0.1) is 0 Å². The van der Waals surface area contributed by atoms with E-state index >= 15 is 0 Å². The Kier molecular flexibility index (Phi) is 6.85. The van der Waals surface area contributed by atoms with Gasteiger partial charge in [-0.1, -0.05) is 0 Å². The van der Waals surface area contributed by atoms with Gasteiger partial charge in [-0.25, -0.2) is 18.7 Å². The molecule has 0 spiro atoms. The van der Waals surface area contributed by atoms with Gasteiger partial charge in [-0.05, 0) is 0 Å². The first-order valence-electron chi connectivity index (χ1n) is 8.00. The number of aliphatic hydroxyl groups is 1. The number of aromatic amines is 1. The highest BCUT2D eigenvalue weighted by Gasteiger charge is 2.42. The zero-order valence-corrected chi connectivity index (χ0v) is 18.5. The van der Waals surface area contributed by atoms with Crippen molar-refractivity contribution in [2.45, 2.75) is 24.9 Å². The fraction of sp³-hybridized carbons (Fsp3) is 0.500. The maximum Gasteiger partial charge on any atom is 0.477 e. The summed E-state index contributed by atoms with van der Waals surface area (Å²) in [5.41, 5.74) is 4.95. The first-order chi connectivity index (χ1) is 14.2. The summed E-state index contributed by atoms with van der Waals surface area (Å²) in [7, 11) is -5.42. The highest BCUT2D eigenvalue weighted by molar-refractivity contribution is 8.84. The molecule has 3 rings (SSSR count). The Bertz CT molecular complexity index is 1180. The van der Waals surface area contributed by atoms with E-state index in [1.807, 2.05) is 0 Å². The van der Waals surface area contributed by atoms with Crippen LogP contribution in [0.2, 0.25) is 0 Å². The van der Waals surface area contributed by atoms with Crippen LogP contribution >= 0.6 is 32.4 Å². The van der Waals surface area contributed by atoms with Crippen LogP contribution in [0.5, 0.6) is 0 Å². The molecule has 1 aliphatic heterocycles. The molecular weight excluding hydrogens is 507 g/mol. The standard InChI is InChI=1S/C10H16N5O12P3S/c11-10-13-8-7(9(17)14-10)12-3-15(8)6-1-4(16)5(26-6)2-25-29(21,22)31-30(23,24)27-28(18,19)20/h3-6,16H,1-2H2,(H,21,22)(H,23,24)(H2,18,19,20)(H3,11,13,14,17)/t4-,5+,6+/m0/s1. The Balaban J connectivity index is 1.67. The Morgan fingerprint density at radius 1 is 1.29 bits per heavy atom. The van der Waals surface area contributed by atoms with Crippen LogP contribution in [0.1, 0.15) is 12.6 Å². The summed E-state index contributed by atoms with van der Waals surface area (Å²) < 4.78 is 49.2. The minimum atomic E-state index is -5.42. The second kappa shape index (κ2) is 8.67. The molecule has 1 aliphatic rings. The predicted molar refractivity (Wildman–Crippen MR) is 103 cm³/mol. The van der Waals surface area contributed by atoms with Crippen molar-refractivity contribution in [3.05, 3.63) is 16.7 Å².